The first-order chi connectivity index (χ1) is 13.4. The SMILES string of the molecule is COC(=O)c1ccc(-c2ccc(C=C3C(=O)N(C)C(=O)C(C#N)=C3C)o2)cc1. The van der Waals surface area contributed by atoms with Crippen molar-refractivity contribution in [2.75, 3.05) is 14.2 Å². The largest absolute Gasteiger partial charge is 0.465 e. The van der Waals surface area contributed by atoms with E-state index in [1.54, 1.807) is 43.3 Å². The third kappa shape index (κ3) is 3.23. The molecule has 0 bridgehead atoms. The molecule has 3 rings (SSSR count). The molecule has 140 valence electrons. The number of hydrogen-bond donors (Lipinski definition) is 0. The highest BCUT2D eigenvalue weighted by atomic mass is 16.5. The molecule has 0 fully saturated rings. The number of hydrogen-bond acceptors (Lipinski definition) is 6. The molecule has 0 aliphatic carbocycles. The summed E-state index contributed by atoms with van der Waals surface area (Å²) in [6.07, 6.45) is 1.50. The van der Waals surface area contributed by atoms with E-state index in [1.165, 1.54) is 20.2 Å². The van der Waals surface area contributed by atoms with E-state index < -0.39 is 17.8 Å². The van der Waals surface area contributed by atoms with Gasteiger partial charge in [-0.1, -0.05) is 12.1 Å². The quantitative estimate of drug-likeness (QED) is 0.464. The van der Waals surface area contributed by atoms with Crippen LogP contribution in [0.1, 0.15) is 23.0 Å². The van der Waals surface area contributed by atoms with Crippen molar-refractivity contribution in [2.24, 2.45) is 0 Å². The van der Waals surface area contributed by atoms with Crippen molar-refractivity contribution in [2.45, 2.75) is 6.92 Å². The Morgan fingerprint density at radius 1 is 1.14 bits per heavy atom. The molecule has 1 aromatic heterocycles. The zero-order valence-electron chi connectivity index (χ0n) is 15.5. The van der Waals surface area contributed by atoms with Gasteiger partial charge in [0.05, 0.1) is 12.7 Å². The van der Waals surface area contributed by atoms with Gasteiger partial charge in [0.15, 0.2) is 0 Å². The van der Waals surface area contributed by atoms with Crippen molar-refractivity contribution in [1.29, 1.82) is 5.26 Å². The summed E-state index contributed by atoms with van der Waals surface area (Å²) in [7, 11) is 2.65. The fourth-order valence-corrected chi connectivity index (χ4v) is 2.81. The van der Waals surface area contributed by atoms with E-state index in [-0.39, 0.29) is 11.1 Å². The van der Waals surface area contributed by atoms with Gasteiger partial charge in [-0.2, -0.15) is 5.26 Å². The number of nitrogens with zero attached hydrogens (tertiary/aromatic N) is 2. The number of benzene rings is 1. The monoisotopic (exact) mass is 376 g/mol. The summed E-state index contributed by atoms with van der Waals surface area (Å²) >= 11 is 0. The summed E-state index contributed by atoms with van der Waals surface area (Å²) in [5.74, 6) is -0.607. The summed E-state index contributed by atoms with van der Waals surface area (Å²) in [5, 5.41) is 9.20. The van der Waals surface area contributed by atoms with Crippen molar-refractivity contribution in [3.63, 3.8) is 0 Å². The molecule has 28 heavy (non-hydrogen) atoms. The number of rotatable bonds is 3. The van der Waals surface area contributed by atoms with Crippen LogP contribution in [0.2, 0.25) is 0 Å². The molecule has 0 saturated heterocycles. The molecule has 0 unspecified atom stereocenters. The molecular formula is C21H16N2O5. The number of esters is 1. The van der Waals surface area contributed by atoms with Crippen LogP contribution in [-0.2, 0) is 14.3 Å². The highest BCUT2D eigenvalue weighted by Crippen LogP contribution is 2.28. The molecular weight excluding hydrogens is 360 g/mol. The lowest BCUT2D eigenvalue weighted by Crippen LogP contribution is -2.39. The number of imide groups is 1. The maximum Gasteiger partial charge on any atom is 0.337 e. The molecule has 1 aliphatic rings. The van der Waals surface area contributed by atoms with Crippen LogP contribution in [0.25, 0.3) is 17.4 Å². The highest BCUT2D eigenvalue weighted by Gasteiger charge is 2.33. The smallest absolute Gasteiger partial charge is 0.337 e. The maximum atomic E-state index is 12.4. The molecule has 1 aliphatic heterocycles. The van der Waals surface area contributed by atoms with Crippen LogP contribution >= 0.6 is 0 Å². The number of methoxy groups -OCH3 is 1. The number of carbonyl (C=O) groups is 3. The minimum Gasteiger partial charge on any atom is -0.465 e. The van der Waals surface area contributed by atoms with Crippen molar-refractivity contribution in [3.05, 3.63) is 64.4 Å². The highest BCUT2D eigenvalue weighted by molar-refractivity contribution is 6.19. The lowest BCUT2D eigenvalue weighted by Gasteiger charge is -2.23. The minimum atomic E-state index is -0.618. The van der Waals surface area contributed by atoms with E-state index >= 15 is 0 Å². The van der Waals surface area contributed by atoms with E-state index in [0.29, 0.717) is 22.7 Å². The van der Waals surface area contributed by atoms with Gasteiger partial charge in [-0.15, -0.1) is 0 Å². The van der Waals surface area contributed by atoms with Gasteiger partial charge in [-0.25, -0.2) is 4.79 Å². The molecule has 1 aromatic carbocycles. The fraction of sp³-hybridized carbons (Fsp3) is 0.143. The topological polar surface area (TPSA) is 101 Å². The zero-order chi connectivity index (χ0) is 20.4. The fourth-order valence-electron chi connectivity index (χ4n) is 2.81. The number of amides is 2. The second kappa shape index (κ2) is 7.37. The maximum absolute atomic E-state index is 12.4. The minimum absolute atomic E-state index is 0.0708. The van der Waals surface area contributed by atoms with Crippen LogP contribution in [0.5, 0.6) is 0 Å². The Balaban J connectivity index is 1.95. The third-order valence-corrected chi connectivity index (χ3v) is 4.45. The summed E-state index contributed by atoms with van der Waals surface area (Å²) < 4.78 is 10.4. The lowest BCUT2D eigenvalue weighted by molar-refractivity contribution is -0.138. The van der Waals surface area contributed by atoms with E-state index in [4.69, 9.17) is 4.42 Å². The van der Waals surface area contributed by atoms with Crippen molar-refractivity contribution >= 4 is 23.9 Å². The Morgan fingerprint density at radius 3 is 2.43 bits per heavy atom. The van der Waals surface area contributed by atoms with Gasteiger partial charge in [0.1, 0.15) is 23.2 Å². The van der Waals surface area contributed by atoms with Crippen molar-refractivity contribution < 1.29 is 23.5 Å². The average Bonchev–Trinajstić information content (AvgIpc) is 3.18. The molecule has 2 heterocycles. The summed E-state index contributed by atoms with van der Waals surface area (Å²) in [6, 6.07) is 11.9. The predicted octanol–water partition coefficient (Wildman–Crippen LogP) is 2.96. The molecule has 2 amide bonds. The Bertz CT molecular complexity index is 1080. The molecule has 0 radical (unpaired) electrons. The first-order valence-electron chi connectivity index (χ1n) is 8.31. The second-order valence-corrected chi connectivity index (χ2v) is 6.11. The van der Waals surface area contributed by atoms with Gasteiger partial charge in [0, 0.05) is 18.2 Å². The molecule has 0 spiro atoms. The number of nitriles is 1. The first kappa shape index (κ1) is 18.9. The Hall–Kier alpha value is -3.92. The van der Waals surface area contributed by atoms with E-state index in [1.807, 2.05) is 6.07 Å². The van der Waals surface area contributed by atoms with Crippen LogP contribution in [-0.4, -0.2) is 36.8 Å². The van der Waals surface area contributed by atoms with Gasteiger partial charge < -0.3 is 9.15 Å². The van der Waals surface area contributed by atoms with Gasteiger partial charge in [-0.05, 0) is 42.8 Å². The average molecular weight is 376 g/mol. The van der Waals surface area contributed by atoms with Gasteiger partial charge in [-0.3, -0.25) is 14.5 Å². The van der Waals surface area contributed by atoms with Crippen LogP contribution in [0, 0.1) is 11.3 Å². The molecule has 7 nitrogen and oxygen atoms in total. The molecule has 0 atom stereocenters. The second-order valence-electron chi connectivity index (χ2n) is 6.11. The third-order valence-electron chi connectivity index (χ3n) is 4.45. The zero-order valence-corrected chi connectivity index (χ0v) is 15.5. The normalized spacial score (nSPS) is 15.8. The van der Waals surface area contributed by atoms with Crippen molar-refractivity contribution in [1.82, 2.24) is 4.90 Å². The van der Waals surface area contributed by atoms with E-state index in [9.17, 15) is 19.6 Å². The number of likely N-dealkylation sites (N-methyl/N-ethyl adjacent to an activating group) is 1. The summed E-state index contributed by atoms with van der Waals surface area (Å²) in [4.78, 5) is 36.8. The lowest BCUT2D eigenvalue weighted by atomic mass is 9.95. The number of ether oxygens (including phenoxy) is 1. The Labute approximate surface area is 161 Å². The molecule has 2 aromatic rings. The Kier molecular flexibility index (Phi) is 4.96. The van der Waals surface area contributed by atoms with Crippen LogP contribution in [0.3, 0.4) is 0 Å². The van der Waals surface area contributed by atoms with Crippen molar-refractivity contribution in [3.8, 4) is 17.4 Å². The van der Waals surface area contributed by atoms with Gasteiger partial charge >= 0.3 is 5.97 Å². The Morgan fingerprint density at radius 2 is 1.82 bits per heavy atom. The number of furan rings is 1. The number of carbonyl (C=O) groups excluding carboxylic acids is 3. The molecule has 7 heteroatoms. The predicted molar refractivity (Wildman–Crippen MR) is 99.6 cm³/mol. The van der Waals surface area contributed by atoms with E-state index in [0.717, 1.165) is 10.5 Å². The van der Waals surface area contributed by atoms with Gasteiger partial charge in [0.2, 0.25) is 0 Å². The van der Waals surface area contributed by atoms with Crippen LogP contribution in [0.4, 0.5) is 0 Å². The van der Waals surface area contributed by atoms with Gasteiger partial charge in [0.25, 0.3) is 11.8 Å². The standard InChI is InChI=1S/C21H16N2O5/c1-12-16(19(24)23(2)20(25)17(12)11-22)10-15-8-9-18(28-15)13-4-6-14(7-5-13)21(26)27-3/h4-10H,1-3H3. The first-order valence-corrected chi connectivity index (χ1v) is 8.31. The van der Waals surface area contributed by atoms with Crippen LogP contribution < -0.4 is 0 Å². The molecule has 0 saturated carbocycles. The summed E-state index contributed by atoms with van der Waals surface area (Å²) in [5.41, 5.74) is 1.63. The van der Waals surface area contributed by atoms with Crippen LogP contribution in [0.15, 0.2) is 57.5 Å². The van der Waals surface area contributed by atoms with E-state index in [2.05, 4.69) is 4.74 Å². The summed E-state index contributed by atoms with van der Waals surface area (Å²) in [6.45, 7) is 1.56. The molecule has 0 N–H and O–H groups in total.